The lowest BCUT2D eigenvalue weighted by Gasteiger charge is -2.41. The summed E-state index contributed by atoms with van der Waals surface area (Å²) in [5.41, 5.74) is 8.57. The maximum absolute atomic E-state index is 12.8. The third-order valence-corrected chi connectivity index (χ3v) is 8.62. The predicted octanol–water partition coefficient (Wildman–Crippen LogP) is 6.79. The molecular formula is C34H46N4O4. The van der Waals surface area contributed by atoms with Crippen LogP contribution in [0.3, 0.4) is 0 Å². The topological polar surface area (TPSA) is 91.9 Å². The minimum atomic E-state index is -1.12. The van der Waals surface area contributed by atoms with Crippen LogP contribution in [0.25, 0.3) is 11.1 Å². The van der Waals surface area contributed by atoms with Gasteiger partial charge in [-0.05, 0) is 82.9 Å². The van der Waals surface area contributed by atoms with Crippen molar-refractivity contribution in [1.29, 1.82) is 0 Å². The number of aliphatic carboxylic acids is 1. The van der Waals surface area contributed by atoms with Crippen LogP contribution < -0.4 is 4.90 Å². The predicted molar refractivity (Wildman–Crippen MR) is 165 cm³/mol. The molecule has 1 atom stereocenters. The summed E-state index contributed by atoms with van der Waals surface area (Å²) in [5.74, 6) is -0.157. The van der Waals surface area contributed by atoms with Crippen molar-refractivity contribution >= 4 is 11.7 Å². The number of pyridine rings is 1. The Kier molecular flexibility index (Phi) is 8.25. The van der Waals surface area contributed by atoms with E-state index in [2.05, 4.69) is 47.0 Å². The van der Waals surface area contributed by atoms with Gasteiger partial charge in [0.15, 0.2) is 6.10 Å². The fourth-order valence-corrected chi connectivity index (χ4v) is 6.38. The lowest BCUT2D eigenvalue weighted by atomic mass is 9.81. The number of aromatic nitrogens is 2. The molecule has 2 aliphatic rings. The van der Waals surface area contributed by atoms with Gasteiger partial charge in [0.2, 0.25) is 0 Å². The lowest BCUT2D eigenvalue weighted by Crippen LogP contribution is -2.39. The van der Waals surface area contributed by atoms with Crippen LogP contribution in [0.15, 0.2) is 28.8 Å². The molecule has 1 aromatic carbocycles. The second-order valence-electron chi connectivity index (χ2n) is 13.9. The molecule has 1 fully saturated rings. The van der Waals surface area contributed by atoms with Crippen LogP contribution in [0.2, 0.25) is 0 Å². The van der Waals surface area contributed by atoms with Crippen molar-refractivity contribution in [2.45, 2.75) is 99.4 Å². The van der Waals surface area contributed by atoms with E-state index in [1.807, 2.05) is 47.6 Å². The number of piperidine rings is 1. The quantitative estimate of drug-likeness (QED) is 0.330. The van der Waals surface area contributed by atoms with Gasteiger partial charge in [-0.15, -0.1) is 0 Å². The molecular weight excluding hydrogens is 528 g/mol. The average Bonchev–Trinajstić information content (AvgIpc) is 3.30. The Labute approximate surface area is 250 Å². The van der Waals surface area contributed by atoms with Gasteiger partial charge >= 0.3 is 5.97 Å². The molecule has 1 saturated heterocycles. The van der Waals surface area contributed by atoms with E-state index in [0.29, 0.717) is 11.3 Å². The molecule has 0 radical (unpaired) electrons. The normalized spacial score (nSPS) is 18.1. The number of ether oxygens (including phenoxy) is 1. The second kappa shape index (κ2) is 11.5. The molecule has 5 rings (SSSR count). The molecule has 8 nitrogen and oxygen atoms in total. The first kappa shape index (κ1) is 30.2. The number of carbonyl (C=O) groups is 1. The highest BCUT2D eigenvalue weighted by molar-refractivity contribution is 5.88. The zero-order valence-electron chi connectivity index (χ0n) is 26.5. The number of hydrogen-bond donors (Lipinski definition) is 1. The number of fused-ring (bicyclic) bond motifs is 1. The van der Waals surface area contributed by atoms with E-state index in [0.717, 1.165) is 85.9 Å². The van der Waals surface area contributed by atoms with Gasteiger partial charge in [0.1, 0.15) is 5.76 Å². The first-order chi connectivity index (χ1) is 19.7. The number of carboxylic acid groups (broad SMARTS) is 1. The molecule has 4 heterocycles. The number of carboxylic acids is 1. The number of aryl methyl sites for hydroxylation is 3. The summed E-state index contributed by atoms with van der Waals surface area (Å²) in [5, 5.41) is 14.6. The highest BCUT2D eigenvalue weighted by Crippen LogP contribution is 2.45. The van der Waals surface area contributed by atoms with Crippen LogP contribution in [-0.4, -0.2) is 51.4 Å². The van der Waals surface area contributed by atoms with Crippen molar-refractivity contribution in [3.05, 3.63) is 63.8 Å². The van der Waals surface area contributed by atoms with E-state index >= 15 is 0 Å². The maximum Gasteiger partial charge on any atom is 0.337 e. The van der Waals surface area contributed by atoms with E-state index in [4.69, 9.17) is 14.2 Å². The van der Waals surface area contributed by atoms with E-state index in [1.165, 1.54) is 11.1 Å². The SMILES string of the molecule is Cc1cc(CN2CCc3cc(-c4c(C)nc(C)c([C@H](OC(C)(C)C)C(=O)O)c4N4CCC(C)(C)CC4)ccc3C2)no1. The van der Waals surface area contributed by atoms with E-state index in [9.17, 15) is 9.90 Å². The van der Waals surface area contributed by atoms with Gasteiger partial charge in [-0.2, -0.15) is 0 Å². The lowest BCUT2D eigenvalue weighted by molar-refractivity contribution is -0.160. The van der Waals surface area contributed by atoms with Gasteiger partial charge in [0.25, 0.3) is 0 Å². The molecule has 226 valence electrons. The molecule has 0 saturated carbocycles. The Bertz CT molecular complexity index is 1460. The zero-order valence-corrected chi connectivity index (χ0v) is 26.5. The van der Waals surface area contributed by atoms with E-state index in [-0.39, 0.29) is 5.41 Å². The molecule has 0 unspecified atom stereocenters. The highest BCUT2D eigenvalue weighted by Gasteiger charge is 2.36. The molecule has 2 aromatic heterocycles. The molecule has 8 heteroatoms. The zero-order chi connectivity index (χ0) is 30.4. The fraction of sp³-hybridized carbons (Fsp3) is 0.559. The number of hydrogen-bond acceptors (Lipinski definition) is 7. The van der Waals surface area contributed by atoms with Gasteiger partial charge in [-0.25, -0.2) is 4.79 Å². The summed E-state index contributed by atoms with van der Waals surface area (Å²) < 4.78 is 11.5. The monoisotopic (exact) mass is 574 g/mol. The van der Waals surface area contributed by atoms with Crippen LogP contribution in [0, 0.1) is 26.2 Å². The molecule has 0 aliphatic carbocycles. The number of benzene rings is 1. The Morgan fingerprint density at radius 3 is 2.40 bits per heavy atom. The third kappa shape index (κ3) is 6.55. The second-order valence-corrected chi connectivity index (χ2v) is 13.9. The standard InChI is InChI=1S/C34H46N4O4/c1-21-17-27(36-42-21)20-37-14-11-24-18-25(9-10-26(24)19-37)28-22(2)35-23(3)29(31(32(39)40)41-33(4,5)6)30(28)38-15-12-34(7,8)13-16-38/h9-10,17-18,31H,11-16,19-20H2,1-8H3,(H,39,40)/t31-/m0/s1. The fourth-order valence-electron chi connectivity index (χ4n) is 6.38. The Balaban J connectivity index is 1.58. The smallest absolute Gasteiger partial charge is 0.337 e. The van der Waals surface area contributed by atoms with Gasteiger partial charge in [-0.3, -0.25) is 9.88 Å². The summed E-state index contributed by atoms with van der Waals surface area (Å²) in [6.45, 7) is 20.5. The summed E-state index contributed by atoms with van der Waals surface area (Å²) >= 11 is 0. The molecule has 1 N–H and O–H groups in total. The van der Waals surface area contributed by atoms with E-state index < -0.39 is 17.7 Å². The molecule has 2 aliphatic heterocycles. The Hall–Kier alpha value is -3.23. The van der Waals surface area contributed by atoms with Crippen LogP contribution in [0.1, 0.15) is 93.1 Å². The van der Waals surface area contributed by atoms with Crippen LogP contribution in [-0.2, 0) is 29.0 Å². The van der Waals surface area contributed by atoms with Crippen LogP contribution in [0.5, 0.6) is 0 Å². The number of anilines is 1. The largest absolute Gasteiger partial charge is 0.479 e. The van der Waals surface area contributed by atoms with Gasteiger partial charge in [0, 0.05) is 61.3 Å². The van der Waals surface area contributed by atoms with Crippen LogP contribution >= 0.6 is 0 Å². The minimum Gasteiger partial charge on any atom is -0.479 e. The van der Waals surface area contributed by atoms with Crippen molar-refractivity contribution in [1.82, 2.24) is 15.0 Å². The van der Waals surface area contributed by atoms with Crippen molar-refractivity contribution in [2.24, 2.45) is 5.41 Å². The highest BCUT2D eigenvalue weighted by atomic mass is 16.5. The van der Waals surface area contributed by atoms with Gasteiger partial charge in [-0.1, -0.05) is 37.2 Å². The van der Waals surface area contributed by atoms with Crippen LogP contribution in [0.4, 0.5) is 5.69 Å². The summed E-state index contributed by atoms with van der Waals surface area (Å²) in [7, 11) is 0. The molecule has 0 spiro atoms. The first-order valence-corrected chi connectivity index (χ1v) is 15.1. The third-order valence-electron chi connectivity index (χ3n) is 8.62. The van der Waals surface area contributed by atoms with Crippen molar-refractivity contribution in [2.75, 3.05) is 24.5 Å². The minimum absolute atomic E-state index is 0.254. The Morgan fingerprint density at radius 2 is 1.79 bits per heavy atom. The average molecular weight is 575 g/mol. The van der Waals surface area contributed by atoms with Gasteiger partial charge < -0.3 is 19.3 Å². The maximum atomic E-state index is 12.8. The number of nitrogens with zero attached hydrogens (tertiary/aromatic N) is 4. The number of rotatable bonds is 7. The first-order valence-electron chi connectivity index (χ1n) is 15.1. The summed E-state index contributed by atoms with van der Waals surface area (Å²) in [4.78, 5) is 22.5. The van der Waals surface area contributed by atoms with Crippen molar-refractivity contribution in [3.8, 4) is 11.1 Å². The Morgan fingerprint density at radius 1 is 1.07 bits per heavy atom. The molecule has 0 bridgehead atoms. The molecule has 3 aromatic rings. The van der Waals surface area contributed by atoms with Gasteiger partial charge in [0.05, 0.1) is 17.0 Å². The molecule has 42 heavy (non-hydrogen) atoms. The summed E-state index contributed by atoms with van der Waals surface area (Å²) in [6, 6.07) is 8.71. The summed E-state index contributed by atoms with van der Waals surface area (Å²) in [6.07, 6.45) is 1.89. The van der Waals surface area contributed by atoms with Crippen molar-refractivity contribution in [3.63, 3.8) is 0 Å². The van der Waals surface area contributed by atoms with Crippen molar-refractivity contribution < 1.29 is 19.2 Å². The molecule has 0 amide bonds. The van der Waals surface area contributed by atoms with E-state index in [1.54, 1.807) is 0 Å².